The molecule has 0 unspecified atom stereocenters. The van der Waals surface area contributed by atoms with Crippen LogP contribution in [-0.2, 0) is 11.3 Å². The van der Waals surface area contributed by atoms with E-state index in [2.05, 4.69) is 21.2 Å². The number of halogens is 1. The Morgan fingerprint density at radius 1 is 1.32 bits per heavy atom. The van der Waals surface area contributed by atoms with Crippen molar-refractivity contribution in [2.45, 2.75) is 77.5 Å². The summed E-state index contributed by atoms with van der Waals surface area (Å²) in [5, 5.41) is 3.36. The van der Waals surface area contributed by atoms with Gasteiger partial charge in [-0.15, -0.1) is 0 Å². The summed E-state index contributed by atoms with van der Waals surface area (Å²) >= 11 is 3.46. The van der Waals surface area contributed by atoms with Crippen LogP contribution in [0, 0.1) is 0 Å². The Hall–Kier alpha value is -1.01. The van der Waals surface area contributed by atoms with E-state index in [0.29, 0.717) is 19.6 Å². The van der Waals surface area contributed by atoms with Crippen LogP contribution in [0.25, 0.3) is 0 Å². The fourth-order valence-electron chi connectivity index (χ4n) is 3.17. The lowest BCUT2D eigenvalue weighted by Gasteiger charge is -2.33. The molecular formula is C19H31BrN2O3. The lowest BCUT2D eigenvalue weighted by atomic mass is 10.1. The first kappa shape index (κ1) is 20.3. The number of rotatable bonds is 6. The molecule has 0 spiro atoms. The maximum absolute atomic E-state index is 12.7. The maximum atomic E-state index is 12.7. The molecule has 1 aliphatic carbocycles. The van der Waals surface area contributed by atoms with E-state index in [1.165, 1.54) is 25.7 Å². The monoisotopic (exact) mass is 414 g/mol. The van der Waals surface area contributed by atoms with E-state index in [4.69, 9.17) is 9.15 Å². The van der Waals surface area contributed by atoms with Gasteiger partial charge in [0.1, 0.15) is 11.4 Å². The van der Waals surface area contributed by atoms with Crippen molar-refractivity contribution in [2.75, 3.05) is 13.1 Å². The zero-order chi connectivity index (χ0) is 18.3. The number of ether oxygens (including phenoxy) is 1. The van der Waals surface area contributed by atoms with Gasteiger partial charge in [0.25, 0.3) is 0 Å². The predicted octanol–water partition coefficient (Wildman–Crippen LogP) is 5.09. The van der Waals surface area contributed by atoms with Gasteiger partial charge in [-0.1, -0.05) is 25.7 Å². The van der Waals surface area contributed by atoms with Crippen LogP contribution in [0.5, 0.6) is 0 Å². The van der Waals surface area contributed by atoms with Crippen LogP contribution in [0.2, 0.25) is 0 Å². The second-order valence-corrected chi connectivity index (χ2v) is 8.54. The van der Waals surface area contributed by atoms with E-state index in [1.807, 2.05) is 31.7 Å². The smallest absolute Gasteiger partial charge is 0.410 e. The van der Waals surface area contributed by atoms with Gasteiger partial charge in [0, 0.05) is 19.1 Å². The standard InChI is InChI=1S/C19H31BrN2O3/c1-19(2,3)25-18(23)22(15-8-6-4-5-7-9-15)12-11-21-14-17-16(20)10-13-24-17/h10,13,15,21H,4-9,11-12,14H2,1-3H3. The number of carbonyl (C=O) groups is 1. The van der Waals surface area contributed by atoms with E-state index >= 15 is 0 Å². The molecule has 1 fully saturated rings. The van der Waals surface area contributed by atoms with Crippen LogP contribution in [0.1, 0.15) is 65.1 Å². The van der Waals surface area contributed by atoms with E-state index in [1.54, 1.807) is 6.26 Å². The van der Waals surface area contributed by atoms with Crippen LogP contribution in [-0.4, -0.2) is 35.7 Å². The van der Waals surface area contributed by atoms with E-state index in [9.17, 15) is 4.79 Å². The van der Waals surface area contributed by atoms with Crippen molar-refractivity contribution in [3.05, 3.63) is 22.6 Å². The second-order valence-electron chi connectivity index (χ2n) is 7.69. The molecule has 5 nitrogen and oxygen atoms in total. The van der Waals surface area contributed by atoms with Crippen LogP contribution >= 0.6 is 15.9 Å². The molecule has 0 radical (unpaired) electrons. The fourth-order valence-corrected chi connectivity index (χ4v) is 3.51. The highest BCUT2D eigenvalue weighted by Crippen LogP contribution is 2.23. The summed E-state index contributed by atoms with van der Waals surface area (Å²) < 4.78 is 12.0. The Kier molecular flexibility index (Phi) is 7.81. The molecule has 1 N–H and O–H groups in total. The van der Waals surface area contributed by atoms with Gasteiger partial charge in [-0.05, 0) is 55.6 Å². The number of nitrogens with one attached hydrogen (secondary N) is 1. The van der Waals surface area contributed by atoms with Gasteiger partial charge < -0.3 is 19.4 Å². The molecule has 1 aliphatic rings. The fraction of sp³-hybridized carbons (Fsp3) is 0.737. The summed E-state index contributed by atoms with van der Waals surface area (Å²) in [6, 6.07) is 2.17. The molecule has 1 aromatic heterocycles. The molecule has 0 saturated heterocycles. The zero-order valence-corrected chi connectivity index (χ0v) is 17.2. The highest BCUT2D eigenvalue weighted by molar-refractivity contribution is 9.10. The lowest BCUT2D eigenvalue weighted by Crippen LogP contribution is -2.46. The SMILES string of the molecule is CC(C)(C)OC(=O)N(CCNCc1occc1Br)C1CCCCCC1. The minimum Gasteiger partial charge on any atom is -0.467 e. The van der Waals surface area contributed by atoms with Gasteiger partial charge in [0.15, 0.2) is 0 Å². The van der Waals surface area contributed by atoms with Crippen molar-refractivity contribution < 1.29 is 13.9 Å². The Morgan fingerprint density at radius 2 is 2.00 bits per heavy atom. The van der Waals surface area contributed by atoms with Crippen LogP contribution in [0.3, 0.4) is 0 Å². The molecule has 142 valence electrons. The molecule has 1 saturated carbocycles. The van der Waals surface area contributed by atoms with Gasteiger partial charge in [0.2, 0.25) is 0 Å². The number of hydrogen-bond acceptors (Lipinski definition) is 4. The lowest BCUT2D eigenvalue weighted by molar-refractivity contribution is 0.0147. The summed E-state index contributed by atoms with van der Waals surface area (Å²) in [7, 11) is 0. The molecule has 1 heterocycles. The Bertz CT molecular complexity index is 531. The van der Waals surface area contributed by atoms with Crippen molar-refractivity contribution in [3.8, 4) is 0 Å². The van der Waals surface area contributed by atoms with Gasteiger partial charge in [-0.3, -0.25) is 0 Å². The summed E-state index contributed by atoms with van der Waals surface area (Å²) in [6.45, 7) is 7.76. The van der Waals surface area contributed by atoms with Crippen molar-refractivity contribution in [3.63, 3.8) is 0 Å². The van der Waals surface area contributed by atoms with Crippen LogP contribution in [0.15, 0.2) is 21.2 Å². The highest BCUT2D eigenvalue weighted by Gasteiger charge is 2.28. The van der Waals surface area contributed by atoms with E-state index < -0.39 is 5.60 Å². The average Bonchev–Trinajstić information content (AvgIpc) is 2.76. The molecule has 0 aliphatic heterocycles. The van der Waals surface area contributed by atoms with Gasteiger partial charge in [-0.2, -0.15) is 0 Å². The normalized spacial score (nSPS) is 16.5. The van der Waals surface area contributed by atoms with Crippen molar-refractivity contribution in [1.82, 2.24) is 10.2 Å². The Morgan fingerprint density at radius 3 is 2.56 bits per heavy atom. The zero-order valence-electron chi connectivity index (χ0n) is 15.6. The molecule has 0 bridgehead atoms. The average molecular weight is 415 g/mol. The van der Waals surface area contributed by atoms with Crippen molar-refractivity contribution in [1.29, 1.82) is 0 Å². The van der Waals surface area contributed by atoms with Crippen LogP contribution < -0.4 is 5.32 Å². The van der Waals surface area contributed by atoms with E-state index in [-0.39, 0.29) is 12.1 Å². The van der Waals surface area contributed by atoms with E-state index in [0.717, 1.165) is 23.1 Å². The minimum atomic E-state index is -0.466. The van der Waals surface area contributed by atoms with Crippen molar-refractivity contribution >= 4 is 22.0 Å². The number of amides is 1. The number of furan rings is 1. The predicted molar refractivity (Wildman–Crippen MR) is 103 cm³/mol. The first-order valence-electron chi connectivity index (χ1n) is 9.29. The third-order valence-electron chi connectivity index (χ3n) is 4.40. The topological polar surface area (TPSA) is 54.7 Å². The van der Waals surface area contributed by atoms with Crippen LogP contribution in [0.4, 0.5) is 4.79 Å². The minimum absolute atomic E-state index is 0.194. The molecular weight excluding hydrogens is 384 g/mol. The molecule has 2 rings (SSSR count). The molecule has 6 heteroatoms. The van der Waals surface area contributed by atoms with Crippen molar-refractivity contribution in [2.24, 2.45) is 0 Å². The second kappa shape index (κ2) is 9.62. The Balaban J connectivity index is 1.90. The largest absolute Gasteiger partial charge is 0.467 e. The summed E-state index contributed by atoms with van der Waals surface area (Å²) in [5.74, 6) is 0.873. The first-order chi connectivity index (χ1) is 11.9. The number of nitrogens with zero attached hydrogens (tertiary/aromatic N) is 1. The first-order valence-corrected chi connectivity index (χ1v) is 10.1. The highest BCUT2D eigenvalue weighted by atomic mass is 79.9. The summed E-state index contributed by atoms with van der Waals surface area (Å²) in [4.78, 5) is 14.6. The third kappa shape index (κ3) is 7.02. The number of carbonyl (C=O) groups excluding carboxylic acids is 1. The molecule has 1 amide bonds. The summed E-state index contributed by atoms with van der Waals surface area (Å²) in [6.07, 6.45) is 8.53. The Labute approximate surface area is 159 Å². The molecule has 0 atom stereocenters. The molecule has 0 aromatic carbocycles. The summed E-state index contributed by atoms with van der Waals surface area (Å²) in [5.41, 5.74) is -0.466. The van der Waals surface area contributed by atoms with Gasteiger partial charge in [0.05, 0.1) is 17.3 Å². The quantitative estimate of drug-likeness (QED) is 0.519. The number of hydrogen-bond donors (Lipinski definition) is 1. The maximum Gasteiger partial charge on any atom is 0.410 e. The molecule has 1 aromatic rings. The molecule has 25 heavy (non-hydrogen) atoms. The van der Waals surface area contributed by atoms with Gasteiger partial charge >= 0.3 is 6.09 Å². The van der Waals surface area contributed by atoms with Gasteiger partial charge in [-0.25, -0.2) is 4.79 Å². The third-order valence-corrected chi connectivity index (χ3v) is 5.11.